The predicted octanol–water partition coefficient (Wildman–Crippen LogP) is 2.93. The van der Waals surface area contributed by atoms with Gasteiger partial charge in [0, 0.05) is 10.5 Å². The van der Waals surface area contributed by atoms with Gasteiger partial charge in [-0.05, 0) is 33.4 Å². The van der Waals surface area contributed by atoms with Crippen molar-refractivity contribution in [1.29, 1.82) is 0 Å². The van der Waals surface area contributed by atoms with E-state index >= 15 is 0 Å². The second kappa shape index (κ2) is 5.38. The number of nitrogens with zero attached hydrogens (tertiary/aromatic N) is 1. The summed E-state index contributed by atoms with van der Waals surface area (Å²) in [6.45, 7) is 0. The summed E-state index contributed by atoms with van der Waals surface area (Å²) in [5.74, 6) is -0.518. The number of nitrogens with one attached hydrogen (secondary N) is 1. The summed E-state index contributed by atoms with van der Waals surface area (Å²) in [4.78, 5) is 9.85. The molecule has 0 saturated heterocycles. The quantitative estimate of drug-likeness (QED) is 0.482. The van der Waals surface area contributed by atoms with Gasteiger partial charge >= 0.3 is 0 Å². The highest BCUT2D eigenvalue weighted by molar-refractivity contribution is 9.10. The number of phenols is 1. The third kappa shape index (κ3) is 2.92. The van der Waals surface area contributed by atoms with Gasteiger partial charge in [0.2, 0.25) is 0 Å². The molecule has 1 heterocycles. The number of rotatable bonds is 4. The van der Waals surface area contributed by atoms with Crippen molar-refractivity contribution in [3.63, 3.8) is 0 Å². The van der Waals surface area contributed by atoms with Gasteiger partial charge in [0.05, 0.1) is 16.7 Å². The molecule has 10 heteroatoms. The van der Waals surface area contributed by atoms with Crippen LogP contribution in [-0.4, -0.2) is 18.4 Å². The lowest BCUT2D eigenvalue weighted by molar-refractivity contribution is -0.384. The van der Waals surface area contributed by atoms with Gasteiger partial charge in [-0.3, -0.25) is 14.8 Å². The molecule has 0 bridgehead atoms. The van der Waals surface area contributed by atoms with Gasteiger partial charge in [-0.1, -0.05) is 0 Å². The number of benzene rings is 1. The van der Waals surface area contributed by atoms with Crippen LogP contribution in [0.25, 0.3) is 0 Å². The third-order valence-corrected chi connectivity index (χ3v) is 6.30. The molecule has 0 unspecified atom stereocenters. The Labute approximate surface area is 126 Å². The molecule has 0 saturated carbocycles. The summed E-state index contributed by atoms with van der Waals surface area (Å²) in [6, 6.07) is 4.68. The maximum absolute atomic E-state index is 12.1. The van der Waals surface area contributed by atoms with E-state index in [9.17, 15) is 23.6 Å². The molecule has 0 fully saturated rings. The van der Waals surface area contributed by atoms with E-state index in [0.29, 0.717) is 4.47 Å². The van der Waals surface area contributed by atoms with Crippen molar-refractivity contribution in [2.24, 2.45) is 0 Å². The van der Waals surface area contributed by atoms with Crippen molar-refractivity contribution in [1.82, 2.24) is 0 Å². The number of hydrogen-bond acceptors (Lipinski definition) is 6. The number of hydrogen-bond donors (Lipinski definition) is 2. The van der Waals surface area contributed by atoms with Gasteiger partial charge in [-0.25, -0.2) is 8.42 Å². The molecule has 106 valence electrons. The SMILES string of the molecule is O=[N+]([O-])c1ccc(NS(=O)(=O)c2sccc2Br)c(O)c1. The molecular weight excluding hydrogens is 372 g/mol. The fraction of sp³-hybridized carbons (Fsp3) is 0. The van der Waals surface area contributed by atoms with Crippen molar-refractivity contribution in [3.05, 3.63) is 44.2 Å². The van der Waals surface area contributed by atoms with Crippen LogP contribution in [0.5, 0.6) is 5.75 Å². The van der Waals surface area contributed by atoms with E-state index < -0.39 is 20.7 Å². The number of aromatic hydroxyl groups is 1. The first-order valence-electron chi connectivity index (χ1n) is 5.04. The molecule has 7 nitrogen and oxygen atoms in total. The highest BCUT2D eigenvalue weighted by Crippen LogP contribution is 2.33. The molecule has 0 aliphatic rings. The summed E-state index contributed by atoms with van der Waals surface area (Å²) in [7, 11) is -3.86. The number of nitro groups is 1. The van der Waals surface area contributed by atoms with E-state index in [1.165, 1.54) is 0 Å². The van der Waals surface area contributed by atoms with Crippen molar-refractivity contribution in [2.75, 3.05) is 4.72 Å². The van der Waals surface area contributed by atoms with E-state index in [0.717, 1.165) is 29.5 Å². The zero-order valence-corrected chi connectivity index (χ0v) is 12.8. The van der Waals surface area contributed by atoms with Crippen LogP contribution in [0.3, 0.4) is 0 Å². The topological polar surface area (TPSA) is 110 Å². The molecule has 0 aliphatic carbocycles. The lowest BCUT2D eigenvalue weighted by Gasteiger charge is -2.08. The fourth-order valence-corrected chi connectivity index (χ4v) is 4.80. The number of non-ortho nitro benzene ring substituents is 1. The van der Waals surface area contributed by atoms with Crippen LogP contribution in [0.2, 0.25) is 0 Å². The Morgan fingerprint density at radius 1 is 1.35 bits per heavy atom. The van der Waals surface area contributed by atoms with Crippen molar-refractivity contribution < 1.29 is 18.4 Å². The predicted molar refractivity (Wildman–Crippen MR) is 77.6 cm³/mol. The van der Waals surface area contributed by atoms with E-state index in [1.54, 1.807) is 11.4 Å². The average molecular weight is 379 g/mol. The number of thiophene rings is 1. The molecule has 0 spiro atoms. The molecule has 0 amide bonds. The molecule has 2 aromatic rings. The van der Waals surface area contributed by atoms with Crippen LogP contribution in [0.15, 0.2) is 38.3 Å². The monoisotopic (exact) mass is 378 g/mol. The number of halogens is 1. The fourth-order valence-electron chi connectivity index (χ4n) is 1.38. The summed E-state index contributed by atoms with van der Waals surface area (Å²) in [5.41, 5.74) is -0.460. The van der Waals surface area contributed by atoms with E-state index in [4.69, 9.17) is 0 Å². The third-order valence-electron chi connectivity index (χ3n) is 2.26. The van der Waals surface area contributed by atoms with Gasteiger partial charge in [-0.15, -0.1) is 11.3 Å². The number of sulfonamides is 1. The van der Waals surface area contributed by atoms with E-state index in [-0.39, 0.29) is 15.6 Å². The molecule has 0 atom stereocenters. The second-order valence-corrected chi connectivity index (χ2v) is 7.27. The van der Waals surface area contributed by atoms with Crippen molar-refractivity contribution >= 4 is 48.7 Å². The number of phenolic OH excluding ortho intramolecular Hbond substituents is 1. The minimum absolute atomic E-state index is 0.0512. The van der Waals surface area contributed by atoms with Gasteiger partial charge in [-0.2, -0.15) is 0 Å². The first-order valence-corrected chi connectivity index (χ1v) is 8.20. The second-order valence-electron chi connectivity index (χ2n) is 3.62. The molecular formula is C10H7BrN2O5S2. The van der Waals surface area contributed by atoms with E-state index in [2.05, 4.69) is 20.7 Å². The van der Waals surface area contributed by atoms with Gasteiger partial charge in [0.1, 0.15) is 5.75 Å². The van der Waals surface area contributed by atoms with Crippen molar-refractivity contribution in [3.8, 4) is 5.75 Å². The zero-order valence-electron chi connectivity index (χ0n) is 9.61. The first kappa shape index (κ1) is 14.8. The van der Waals surface area contributed by atoms with Crippen LogP contribution in [-0.2, 0) is 10.0 Å². The zero-order chi connectivity index (χ0) is 14.9. The first-order chi connectivity index (χ1) is 9.31. The molecule has 1 aromatic carbocycles. The highest BCUT2D eigenvalue weighted by Gasteiger charge is 2.21. The lowest BCUT2D eigenvalue weighted by Crippen LogP contribution is -2.12. The largest absolute Gasteiger partial charge is 0.505 e. The minimum Gasteiger partial charge on any atom is -0.505 e. The van der Waals surface area contributed by atoms with Gasteiger partial charge < -0.3 is 5.11 Å². The van der Waals surface area contributed by atoms with Crippen LogP contribution in [0.1, 0.15) is 0 Å². The molecule has 0 radical (unpaired) electrons. The van der Waals surface area contributed by atoms with Gasteiger partial charge in [0.15, 0.2) is 4.21 Å². The summed E-state index contributed by atoms with van der Waals surface area (Å²) >= 11 is 4.11. The highest BCUT2D eigenvalue weighted by atomic mass is 79.9. The Morgan fingerprint density at radius 3 is 2.55 bits per heavy atom. The summed E-state index contributed by atoms with van der Waals surface area (Å²) in [6.07, 6.45) is 0. The molecule has 1 aromatic heterocycles. The Bertz CT molecular complexity index is 772. The molecule has 2 N–H and O–H groups in total. The maximum atomic E-state index is 12.1. The smallest absolute Gasteiger partial charge is 0.273 e. The Morgan fingerprint density at radius 2 is 2.05 bits per heavy atom. The Kier molecular flexibility index (Phi) is 3.97. The lowest BCUT2D eigenvalue weighted by atomic mass is 10.3. The number of nitro benzene ring substituents is 1. The number of anilines is 1. The minimum atomic E-state index is -3.86. The van der Waals surface area contributed by atoms with Crippen LogP contribution < -0.4 is 4.72 Å². The Hall–Kier alpha value is -1.65. The van der Waals surface area contributed by atoms with Crippen molar-refractivity contribution in [2.45, 2.75) is 4.21 Å². The average Bonchev–Trinajstić information content (AvgIpc) is 2.78. The molecule has 20 heavy (non-hydrogen) atoms. The van der Waals surface area contributed by atoms with E-state index in [1.807, 2.05) is 0 Å². The molecule has 0 aliphatic heterocycles. The maximum Gasteiger partial charge on any atom is 0.273 e. The van der Waals surface area contributed by atoms with Crippen LogP contribution in [0, 0.1) is 10.1 Å². The van der Waals surface area contributed by atoms with Crippen LogP contribution in [0.4, 0.5) is 11.4 Å². The summed E-state index contributed by atoms with van der Waals surface area (Å²) < 4.78 is 26.8. The summed E-state index contributed by atoms with van der Waals surface area (Å²) in [5, 5.41) is 21.8. The Balaban J connectivity index is 2.36. The molecule has 2 rings (SSSR count). The van der Waals surface area contributed by atoms with Crippen LogP contribution >= 0.6 is 27.3 Å². The van der Waals surface area contributed by atoms with Gasteiger partial charge in [0.25, 0.3) is 15.7 Å². The normalized spacial score (nSPS) is 11.2. The standard InChI is InChI=1S/C10H7BrN2O5S2/c11-7-3-4-19-10(7)20(17,18)12-8-2-1-6(13(15)16)5-9(8)14/h1-5,12,14H.